The minimum atomic E-state index is 0. The molecule has 0 spiro atoms. The summed E-state index contributed by atoms with van der Waals surface area (Å²) >= 11 is 0. The molecule has 0 aromatic carbocycles. The monoisotopic (exact) mass is 161 g/mol. The Morgan fingerprint density at radius 2 is 2.40 bits per heavy atom. The molecule has 0 radical (unpaired) electrons. The molecule has 1 aromatic rings. The molecule has 2 nitrogen and oxygen atoms in total. The van der Waals surface area contributed by atoms with Gasteiger partial charge >= 0.3 is 0 Å². The van der Waals surface area contributed by atoms with E-state index in [1.165, 1.54) is 5.56 Å². The van der Waals surface area contributed by atoms with Crippen LogP contribution in [0.15, 0.2) is 23.0 Å². The Bertz CT molecular complexity index is 160. The van der Waals surface area contributed by atoms with Crippen molar-refractivity contribution in [3.63, 3.8) is 0 Å². The molecule has 0 aliphatic heterocycles. The summed E-state index contributed by atoms with van der Waals surface area (Å²) in [6, 6.07) is 2.16. The summed E-state index contributed by atoms with van der Waals surface area (Å²) in [5.74, 6) is 0. The third-order valence-electron chi connectivity index (χ3n) is 1.14. The molecular weight excluding hydrogens is 150 g/mol. The zero-order valence-electron chi connectivity index (χ0n) is 5.91. The Labute approximate surface area is 66.8 Å². The van der Waals surface area contributed by atoms with Gasteiger partial charge in [-0.3, -0.25) is 0 Å². The zero-order chi connectivity index (χ0) is 6.69. The van der Waals surface area contributed by atoms with Crippen LogP contribution < -0.4 is 5.73 Å². The Kier molecular flexibility index (Phi) is 4.16. The average Bonchev–Trinajstić information content (AvgIpc) is 2.15. The van der Waals surface area contributed by atoms with E-state index < -0.39 is 0 Å². The molecule has 58 valence electrons. The third-order valence-corrected chi connectivity index (χ3v) is 1.14. The van der Waals surface area contributed by atoms with Crippen molar-refractivity contribution in [2.75, 3.05) is 0 Å². The van der Waals surface area contributed by atoms with Gasteiger partial charge in [0.15, 0.2) is 0 Å². The van der Waals surface area contributed by atoms with Crippen molar-refractivity contribution < 1.29 is 4.42 Å². The van der Waals surface area contributed by atoms with E-state index in [9.17, 15) is 0 Å². The maximum absolute atomic E-state index is 5.54. The van der Waals surface area contributed by atoms with Crippen LogP contribution >= 0.6 is 12.4 Å². The molecule has 0 aliphatic rings. The molecule has 1 rings (SSSR count). The van der Waals surface area contributed by atoms with Crippen molar-refractivity contribution in [2.45, 2.75) is 19.4 Å². The standard InChI is InChI=1S/C7H11NO.ClH/c1-6(8)4-7-2-3-9-5-7;/h2-3,5-6H,4,8H2,1H3;1H. The molecule has 1 unspecified atom stereocenters. The molecular formula is C7H12ClNO. The van der Waals surface area contributed by atoms with Gasteiger partial charge in [-0.1, -0.05) is 0 Å². The summed E-state index contributed by atoms with van der Waals surface area (Å²) in [7, 11) is 0. The smallest absolute Gasteiger partial charge is 0.0935 e. The highest BCUT2D eigenvalue weighted by Crippen LogP contribution is 2.01. The summed E-state index contributed by atoms with van der Waals surface area (Å²) in [5.41, 5.74) is 6.71. The first-order valence-electron chi connectivity index (χ1n) is 3.05. The van der Waals surface area contributed by atoms with Crippen LogP contribution in [0, 0.1) is 0 Å². The van der Waals surface area contributed by atoms with Gasteiger partial charge in [-0.25, -0.2) is 0 Å². The Hall–Kier alpha value is -0.470. The van der Waals surface area contributed by atoms with Crippen LogP contribution in [0.4, 0.5) is 0 Å². The molecule has 1 heterocycles. The molecule has 0 saturated heterocycles. The average molecular weight is 162 g/mol. The van der Waals surface area contributed by atoms with Crippen LogP contribution in [-0.2, 0) is 6.42 Å². The van der Waals surface area contributed by atoms with Crippen LogP contribution in [0.5, 0.6) is 0 Å². The second-order valence-corrected chi connectivity index (χ2v) is 2.31. The van der Waals surface area contributed by atoms with Crippen molar-refractivity contribution in [3.8, 4) is 0 Å². The molecule has 10 heavy (non-hydrogen) atoms. The van der Waals surface area contributed by atoms with Gasteiger partial charge in [0.1, 0.15) is 0 Å². The lowest BCUT2D eigenvalue weighted by Crippen LogP contribution is -2.17. The van der Waals surface area contributed by atoms with Gasteiger partial charge in [-0.15, -0.1) is 12.4 Å². The van der Waals surface area contributed by atoms with Gasteiger partial charge in [0.25, 0.3) is 0 Å². The summed E-state index contributed by atoms with van der Waals surface area (Å²) < 4.78 is 4.86. The van der Waals surface area contributed by atoms with E-state index in [0.717, 1.165) is 6.42 Å². The topological polar surface area (TPSA) is 39.2 Å². The van der Waals surface area contributed by atoms with Gasteiger partial charge in [0, 0.05) is 6.04 Å². The van der Waals surface area contributed by atoms with Crippen LogP contribution in [0.2, 0.25) is 0 Å². The van der Waals surface area contributed by atoms with E-state index in [2.05, 4.69) is 0 Å². The first-order chi connectivity index (χ1) is 4.29. The first kappa shape index (κ1) is 9.53. The zero-order valence-corrected chi connectivity index (χ0v) is 6.73. The number of nitrogens with two attached hydrogens (primary N) is 1. The lowest BCUT2D eigenvalue weighted by Gasteiger charge is -1.98. The van der Waals surface area contributed by atoms with E-state index in [0.29, 0.717) is 0 Å². The van der Waals surface area contributed by atoms with E-state index in [1.807, 2.05) is 13.0 Å². The Morgan fingerprint density at radius 1 is 1.70 bits per heavy atom. The van der Waals surface area contributed by atoms with Gasteiger partial charge in [-0.2, -0.15) is 0 Å². The Morgan fingerprint density at radius 3 is 2.80 bits per heavy atom. The van der Waals surface area contributed by atoms with Crippen LogP contribution in [0.25, 0.3) is 0 Å². The van der Waals surface area contributed by atoms with Crippen molar-refractivity contribution in [1.29, 1.82) is 0 Å². The SMILES string of the molecule is CC(N)Cc1ccoc1.Cl. The summed E-state index contributed by atoms with van der Waals surface area (Å²) in [5, 5.41) is 0. The fourth-order valence-electron chi connectivity index (χ4n) is 0.781. The quantitative estimate of drug-likeness (QED) is 0.716. The molecule has 0 aliphatic carbocycles. The maximum atomic E-state index is 5.54. The number of rotatable bonds is 2. The molecule has 0 amide bonds. The number of halogens is 1. The van der Waals surface area contributed by atoms with Crippen LogP contribution in [0.1, 0.15) is 12.5 Å². The molecule has 1 atom stereocenters. The molecule has 2 N–H and O–H groups in total. The van der Waals surface area contributed by atoms with E-state index >= 15 is 0 Å². The van der Waals surface area contributed by atoms with Gasteiger partial charge in [0.2, 0.25) is 0 Å². The van der Waals surface area contributed by atoms with Gasteiger partial charge in [-0.05, 0) is 25.0 Å². The lowest BCUT2D eigenvalue weighted by atomic mass is 10.1. The fraction of sp³-hybridized carbons (Fsp3) is 0.429. The molecule has 0 fully saturated rings. The number of furan rings is 1. The van der Waals surface area contributed by atoms with Crippen molar-refractivity contribution in [1.82, 2.24) is 0 Å². The predicted octanol–water partition coefficient (Wildman–Crippen LogP) is 1.59. The van der Waals surface area contributed by atoms with Crippen molar-refractivity contribution in [3.05, 3.63) is 24.2 Å². The largest absolute Gasteiger partial charge is 0.472 e. The normalized spacial score (nSPS) is 12.2. The molecule has 0 saturated carbocycles. The van der Waals surface area contributed by atoms with Gasteiger partial charge < -0.3 is 10.2 Å². The second kappa shape index (κ2) is 4.36. The maximum Gasteiger partial charge on any atom is 0.0935 e. The molecule has 1 aromatic heterocycles. The predicted molar refractivity (Wildman–Crippen MR) is 43.3 cm³/mol. The third kappa shape index (κ3) is 2.90. The molecule has 0 bridgehead atoms. The van der Waals surface area contributed by atoms with Crippen LogP contribution in [0.3, 0.4) is 0 Å². The number of hydrogen-bond acceptors (Lipinski definition) is 2. The van der Waals surface area contributed by atoms with Gasteiger partial charge in [0.05, 0.1) is 12.5 Å². The minimum Gasteiger partial charge on any atom is -0.472 e. The highest BCUT2D eigenvalue weighted by molar-refractivity contribution is 5.85. The second-order valence-electron chi connectivity index (χ2n) is 2.31. The first-order valence-corrected chi connectivity index (χ1v) is 3.05. The summed E-state index contributed by atoms with van der Waals surface area (Å²) in [4.78, 5) is 0. The highest BCUT2D eigenvalue weighted by Gasteiger charge is 1.96. The van der Waals surface area contributed by atoms with E-state index in [4.69, 9.17) is 10.2 Å². The van der Waals surface area contributed by atoms with Crippen LogP contribution in [-0.4, -0.2) is 6.04 Å². The lowest BCUT2D eigenvalue weighted by molar-refractivity contribution is 0.561. The summed E-state index contributed by atoms with van der Waals surface area (Å²) in [6.07, 6.45) is 4.29. The highest BCUT2D eigenvalue weighted by atomic mass is 35.5. The van der Waals surface area contributed by atoms with Crippen molar-refractivity contribution >= 4 is 12.4 Å². The fourth-order valence-corrected chi connectivity index (χ4v) is 0.781. The molecule has 3 heteroatoms. The summed E-state index contributed by atoms with van der Waals surface area (Å²) in [6.45, 7) is 1.98. The Balaban J connectivity index is 0.000000810. The van der Waals surface area contributed by atoms with Crippen molar-refractivity contribution in [2.24, 2.45) is 5.73 Å². The van der Waals surface area contributed by atoms with E-state index in [1.54, 1.807) is 12.5 Å². The van der Waals surface area contributed by atoms with E-state index in [-0.39, 0.29) is 18.4 Å². The number of hydrogen-bond donors (Lipinski definition) is 1. The minimum absolute atomic E-state index is 0.